The first-order chi connectivity index (χ1) is 12.2. The molecule has 2 aromatic heterocycles. The molecule has 0 bridgehead atoms. The van der Waals surface area contributed by atoms with Crippen molar-refractivity contribution in [2.24, 2.45) is 5.92 Å². The number of ether oxygens (including phenoxy) is 1. The third kappa shape index (κ3) is 4.75. The number of carbonyl (C=O) groups is 1. The molecule has 2 aromatic rings. The number of aromatic nitrogens is 3. The van der Waals surface area contributed by atoms with Gasteiger partial charge in [0.05, 0.1) is 6.61 Å². The highest BCUT2D eigenvalue weighted by Gasteiger charge is 2.27. The molecule has 132 valence electrons. The number of hydrogen-bond acceptors (Lipinski definition) is 6. The van der Waals surface area contributed by atoms with Crippen LogP contribution in [0.4, 0.5) is 5.82 Å². The second-order valence-corrected chi connectivity index (χ2v) is 6.26. The summed E-state index contributed by atoms with van der Waals surface area (Å²) in [5.74, 6) is 1.88. The molecule has 1 saturated carbocycles. The summed E-state index contributed by atoms with van der Waals surface area (Å²) in [7, 11) is 0. The molecular formula is C19H24N4O2. The Morgan fingerprint density at radius 2 is 2.00 bits per heavy atom. The Balaban J connectivity index is 1.92. The van der Waals surface area contributed by atoms with E-state index >= 15 is 0 Å². The number of hydrogen-bond donors (Lipinski definition) is 0. The Morgan fingerprint density at radius 1 is 1.24 bits per heavy atom. The van der Waals surface area contributed by atoms with Crippen LogP contribution in [-0.2, 0) is 16.0 Å². The zero-order chi connectivity index (χ0) is 17.6. The summed E-state index contributed by atoms with van der Waals surface area (Å²) in [5, 5.41) is 0. The predicted octanol–water partition coefficient (Wildman–Crippen LogP) is 2.88. The number of anilines is 1. The van der Waals surface area contributed by atoms with E-state index in [1.165, 1.54) is 12.8 Å². The van der Waals surface area contributed by atoms with E-state index in [0.29, 0.717) is 18.3 Å². The number of pyridine rings is 1. The largest absolute Gasteiger partial charge is 0.465 e. The first-order valence-corrected chi connectivity index (χ1v) is 8.88. The van der Waals surface area contributed by atoms with Crippen LogP contribution in [-0.4, -0.2) is 40.6 Å². The molecule has 0 aliphatic heterocycles. The van der Waals surface area contributed by atoms with E-state index in [9.17, 15) is 4.79 Å². The minimum Gasteiger partial charge on any atom is -0.465 e. The van der Waals surface area contributed by atoms with Gasteiger partial charge >= 0.3 is 5.97 Å². The lowest BCUT2D eigenvalue weighted by Crippen LogP contribution is -2.33. The van der Waals surface area contributed by atoms with Gasteiger partial charge in [-0.3, -0.25) is 9.78 Å². The van der Waals surface area contributed by atoms with E-state index in [4.69, 9.17) is 9.72 Å². The van der Waals surface area contributed by atoms with Crippen molar-refractivity contribution < 1.29 is 9.53 Å². The molecule has 6 nitrogen and oxygen atoms in total. The van der Waals surface area contributed by atoms with E-state index in [1.807, 2.05) is 30.0 Å². The molecule has 0 saturated heterocycles. The smallest absolute Gasteiger partial charge is 0.325 e. The van der Waals surface area contributed by atoms with E-state index in [-0.39, 0.29) is 12.5 Å². The van der Waals surface area contributed by atoms with Crippen LogP contribution in [0.1, 0.15) is 32.4 Å². The molecule has 1 aliphatic rings. The molecule has 0 unspecified atom stereocenters. The maximum absolute atomic E-state index is 12.0. The van der Waals surface area contributed by atoms with Crippen LogP contribution in [0.25, 0.3) is 11.4 Å². The molecular weight excluding hydrogens is 316 g/mol. The standard InChI is InChI=1S/C19H24N4O2/c1-3-16-11-17(22-19(21-16)15-7-9-20-10-8-15)23(12-14-5-6-14)13-18(24)25-4-2/h7-11,14H,3-6,12-13H2,1-2H3. The average molecular weight is 340 g/mol. The SMILES string of the molecule is CCOC(=O)CN(CC1CC1)c1cc(CC)nc(-c2ccncc2)n1. The molecule has 25 heavy (non-hydrogen) atoms. The van der Waals surface area contributed by atoms with Crippen molar-refractivity contribution in [3.05, 3.63) is 36.3 Å². The van der Waals surface area contributed by atoms with Crippen LogP contribution in [0.2, 0.25) is 0 Å². The zero-order valence-electron chi connectivity index (χ0n) is 14.8. The Kier molecular flexibility index (Phi) is 5.58. The fourth-order valence-corrected chi connectivity index (χ4v) is 2.67. The summed E-state index contributed by atoms with van der Waals surface area (Å²) in [6, 6.07) is 5.77. The molecule has 0 radical (unpaired) electrons. The molecule has 6 heteroatoms. The number of carbonyl (C=O) groups excluding carboxylic acids is 1. The van der Waals surface area contributed by atoms with Gasteiger partial charge in [0, 0.05) is 36.3 Å². The van der Waals surface area contributed by atoms with Gasteiger partial charge in [-0.1, -0.05) is 6.92 Å². The Bertz CT molecular complexity index is 717. The molecule has 3 rings (SSSR count). The number of nitrogens with zero attached hydrogens (tertiary/aromatic N) is 4. The molecule has 1 aliphatic carbocycles. The minimum absolute atomic E-state index is 0.217. The van der Waals surface area contributed by atoms with Gasteiger partial charge in [0.2, 0.25) is 0 Å². The Labute approximate surface area is 148 Å². The second kappa shape index (κ2) is 8.05. The van der Waals surface area contributed by atoms with Crippen molar-refractivity contribution in [3.63, 3.8) is 0 Å². The van der Waals surface area contributed by atoms with Gasteiger partial charge in [-0.25, -0.2) is 9.97 Å². The molecule has 0 atom stereocenters. The van der Waals surface area contributed by atoms with Crippen molar-refractivity contribution in [2.45, 2.75) is 33.1 Å². The van der Waals surface area contributed by atoms with Gasteiger partial charge in [0.15, 0.2) is 5.82 Å². The van der Waals surface area contributed by atoms with Crippen molar-refractivity contribution >= 4 is 11.8 Å². The van der Waals surface area contributed by atoms with Crippen LogP contribution in [0.15, 0.2) is 30.6 Å². The lowest BCUT2D eigenvalue weighted by molar-refractivity contribution is -0.141. The predicted molar refractivity (Wildman–Crippen MR) is 96.2 cm³/mol. The highest BCUT2D eigenvalue weighted by molar-refractivity contribution is 5.75. The first kappa shape index (κ1) is 17.3. The fraction of sp³-hybridized carbons (Fsp3) is 0.474. The summed E-state index contributed by atoms with van der Waals surface area (Å²) in [4.78, 5) is 27.5. The molecule has 0 spiro atoms. The summed E-state index contributed by atoms with van der Waals surface area (Å²) < 4.78 is 5.14. The van der Waals surface area contributed by atoms with Gasteiger partial charge in [-0.15, -0.1) is 0 Å². The van der Waals surface area contributed by atoms with Gasteiger partial charge < -0.3 is 9.64 Å². The van der Waals surface area contributed by atoms with Gasteiger partial charge in [-0.2, -0.15) is 0 Å². The Morgan fingerprint density at radius 3 is 2.64 bits per heavy atom. The number of esters is 1. The van der Waals surface area contributed by atoms with Gasteiger partial charge in [0.1, 0.15) is 12.4 Å². The summed E-state index contributed by atoms with van der Waals surface area (Å²) in [5.41, 5.74) is 1.88. The van der Waals surface area contributed by atoms with E-state index < -0.39 is 0 Å². The van der Waals surface area contributed by atoms with Crippen molar-refractivity contribution in [1.82, 2.24) is 15.0 Å². The molecule has 1 fully saturated rings. The summed E-state index contributed by atoms with van der Waals surface area (Å²) >= 11 is 0. The highest BCUT2D eigenvalue weighted by atomic mass is 16.5. The minimum atomic E-state index is -0.217. The first-order valence-electron chi connectivity index (χ1n) is 8.88. The Hall–Kier alpha value is -2.50. The quantitative estimate of drug-likeness (QED) is 0.688. The van der Waals surface area contributed by atoms with Crippen LogP contribution in [0.5, 0.6) is 0 Å². The van der Waals surface area contributed by atoms with E-state index in [0.717, 1.165) is 30.0 Å². The van der Waals surface area contributed by atoms with Crippen molar-refractivity contribution in [3.8, 4) is 11.4 Å². The van der Waals surface area contributed by atoms with Crippen LogP contribution in [0, 0.1) is 5.92 Å². The van der Waals surface area contributed by atoms with Crippen LogP contribution in [0.3, 0.4) is 0 Å². The lowest BCUT2D eigenvalue weighted by Gasteiger charge is -2.23. The molecule has 0 amide bonds. The topological polar surface area (TPSA) is 68.2 Å². The van der Waals surface area contributed by atoms with Crippen molar-refractivity contribution in [2.75, 3.05) is 24.6 Å². The maximum Gasteiger partial charge on any atom is 0.325 e. The monoisotopic (exact) mass is 340 g/mol. The molecule has 0 N–H and O–H groups in total. The number of aryl methyl sites for hydroxylation is 1. The van der Waals surface area contributed by atoms with Crippen LogP contribution >= 0.6 is 0 Å². The third-order valence-corrected chi connectivity index (χ3v) is 4.19. The average Bonchev–Trinajstić information content (AvgIpc) is 3.46. The van der Waals surface area contributed by atoms with Crippen molar-refractivity contribution in [1.29, 1.82) is 0 Å². The zero-order valence-corrected chi connectivity index (χ0v) is 14.8. The van der Waals surface area contributed by atoms with Gasteiger partial charge in [0.25, 0.3) is 0 Å². The van der Waals surface area contributed by atoms with E-state index in [1.54, 1.807) is 12.4 Å². The normalized spacial score (nSPS) is 13.5. The lowest BCUT2D eigenvalue weighted by atomic mass is 10.2. The van der Waals surface area contributed by atoms with Gasteiger partial charge in [-0.05, 0) is 44.2 Å². The molecule has 2 heterocycles. The summed E-state index contributed by atoms with van der Waals surface area (Å²) in [6.45, 7) is 5.33. The van der Waals surface area contributed by atoms with Crippen LogP contribution < -0.4 is 4.90 Å². The molecule has 0 aromatic carbocycles. The highest BCUT2D eigenvalue weighted by Crippen LogP contribution is 2.31. The second-order valence-electron chi connectivity index (χ2n) is 6.26. The third-order valence-electron chi connectivity index (χ3n) is 4.19. The summed E-state index contributed by atoms with van der Waals surface area (Å²) in [6.07, 6.45) is 6.70. The maximum atomic E-state index is 12.0. The number of rotatable bonds is 8. The fourth-order valence-electron chi connectivity index (χ4n) is 2.67. The van der Waals surface area contributed by atoms with E-state index in [2.05, 4.69) is 16.9 Å².